The van der Waals surface area contributed by atoms with E-state index in [2.05, 4.69) is 11.4 Å². The number of rotatable bonds is 5. The van der Waals surface area contributed by atoms with E-state index in [-0.39, 0.29) is 0 Å². The molecule has 2 rings (SSSR count). The normalized spacial score (nSPS) is 10.2. The van der Waals surface area contributed by atoms with Crippen molar-refractivity contribution in [2.75, 3.05) is 11.1 Å². The summed E-state index contributed by atoms with van der Waals surface area (Å²) in [5.41, 5.74) is 1.89. The topological polar surface area (TPSA) is 35.8 Å². The Kier molecular flexibility index (Phi) is 5.18. The van der Waals surface area contributed by atoms with E-state index in [1.807, 2.05) is 19.1 Å². The van der Waals surface area contributed by atoms with E-state index in [4.69, 9.17) is 0 Å². The lowest BCUT2D eigenvalue weighted by atomic mass is 10.1. The molecule has 5 heteroatoms. The van der Waals surface area contributed by atoms with Crippen LogP contribution < -0.4 is 5.32 Å². The fourth-order valence-corrected chi connectivity index (χ4v) is 2.70. The molecule has 0 saturated heterocycles. The number of thioether (sulfide) groups is 1. The molecule has 0 spiro atoms. The van der Waals surface area contributed by atoms with Gasteiger partial charge in [-0.3, -0.25) is 0 Å². The molecular formula is C16H14F2N2S. The third kappa shape index (κ3) is 3.73. The average molecular weight is 304 g/mol. The number of anilines is 1. The Labute approximate surface area is 126 Å². The van der Waals surface area contributed by atoms with Crippen molar-refractivity contribution in [2.24, 2.45) is 0 Å². The van der Waals surface area contributed by atoms with Crippen LogP contribution in [0, 0.1) is 23.0 Å². The van der Waals surface area contributed by atoms with Gasteiger partial charge in [-0.2, -0.15) is 5.26 Å². The van der Waals surface area contributed by atoms with Crippen LogP contribution in [0.25, 0.3) is 0 Å². The smallest absolute Gasteiger partial charge is 0.159 e. The predicted molar refractivity (Wildman–Crippen MR) is 81.2 cm³/mol. The van der Waals surface area contributed by atoms with Crippen LogP contribution in [0.15, 0.2) is 41.3 Å². The quantitative estimate of drug-likeness (QED) is 0.823. The van der Waals surface area contributed by atoms with Crippen molar-refractivity contribution in [1.82, 2.24) is 0 Å². The van der Waals surface area contributed by atoms with Crippen LogP contribution in [0.1, 0.15) is 18.1 Å². The fourth-order valence-electron chi connectivity index (χ4n) is 1.92. The number of hydrogen-bond acceptors (Lipinski definition) is 3. The molecule has 2 aromatic carbocycles. The molecule has 0 aromatic heterocycles. The van der Waals surface area contributed by atoms with Gasteiger partial charge in [-0.1, -0.05) is 19.1 Å². The van der Waals surface area contributed by atoms with E-state index in [0.29, 0.717) is 23.4 Å². The molecular weight excluding hydrogens is 290 g/mol. The van der Waals surface area contributed by atoms with E-state index in [1.165, 1.54) is 6.07 Å². The summed E-state index contributed by atoms with van der Waals surface area (Å²) < 4.78 is 26.0. The molecule has 0 atom stereocenters. The van der Waals surface area contributed by atoms with Gasteiger partial charge in [0.1, 0.15) is 6.07 Å². The van der Waals surface area contributed by atoms with Crippen molar-refractivity contribution < 1.29 is 8.78 Å². The summed E-state index contributed by atoms with van der Waals surface area (Å²) in [5, 5.41) is 12.4. The molecule has 0 fully saturated rings. The first-order chi connectivity index (χ1) is 10.2. The highest BCUT2D eigenvalue weighted by Gasteiger charge is 2.08. The summed E-state index contributed by atoms with van der Waals surface area (Å²) in [6.45, 7) is 2.35. The Morgan fingerprint density at radius 1 is 1.19 bits per heavy atom. The molecule has 0 aliphatic rings. The van der Waals surface area contributed by atoms with Gasteiger partial charge in [0.25, 0.3) is 0 Å². The predicted octanol–water partition coefficient (Wildman–Crippen LogP) is 4.56. The molecule has 2 aromatic rings. The molecule has 21 heavy (non-hydrogen) atoms. The van der Waals surface area contributed by atoms with Crippen LogP contribution in [-0.2, 0) is 6.54 Å². The van der Waals surface area contributed by atoms with E-state index in [1.54, 1.807) is 17.8 Å². The van der Waals surface area contributed by atoms with Gasteiger partial charge in [0.2, 0.25) is 0 Å². The first-order valence-electron chi connectivity index (χ1n) is 6.49. The van der Waals surface area contributed by atoms with E-state index >= 15 is 0 Å². The number of benzene rings is 2. The lowest BCUT2D eigenvalue weighted by Crippen LogP contribution is -2.03. The zero-order chi connectivity index (χ0) is 15.2. The summed E-state index contributed by atoms with van der Waals surface area (Å²) in [6, 6.07) is 11.5. The minimum Gasteiger partial charge on any atom is -0.380 e. The highest BCUT2D eigenvalue weighted by atomic mass is 32.2. The van der Waals surface area contributed by atoms with Crippen LogP contribution in [-0.4, -0.2) is 5.75 Å². The molecule has 2 nitrogen and oxygen atoms in total. The van der Waals surface area contributed by atoms with Crippen molar-refractivity contribution in [3.63, 3.8) is 0 Å². The van der Waals surface area contributed by atoms with Crippen LogP contribution in [0.5, 0.6) is 0 Å². The highest BCUT2D eigenvalue weighted by molar-refractivity contribution is 7.99. The fraction of sp³-hybridized carbons (Fsp3) is 0.188. The average Bonchev–Trinajstić information content (AvgIpc) is 2.49. The van der Waals surface area contributed by atoms with E-state index < -0.39 is 11.6 Å². The molecule has 0 bridgehead atoms. The number of nitriles is 1. The first-order valence-corrected chi connectivity index (χ1v) is 7.48. The van der Waals surface area contributed by atoms with Gasteiger partial charge >= 0.3 is 0 Å². The Bertz CT molecular complexity index is 680. The van der Waals surface area contributed by atoms with Gasteiger partial charge in [-0.15, -0.1) is 11.8 Å². The van der Waals surface area contributed by atoms with Crippen molar-refractivity contribution in [3.05, 3.63) is 59.2 Å². The van der Waals surface area contributed by atoms with E-state index in [0.717, 1.165) is 22.8 Å². The standard InChI is InChI=1S/C16H14F2N2S/c1-2-21-16-5-3-4-15(12(16)9-19)20-10-11-6-7-13(17)14(18)8-11/h3-8,20H,2,10H2,1H3. The van der Waals surface area contributed by atoms with Gasteiger partial charge < -0.3 is 5.32 Å². The number of nitrogens with zero attached hydrogens (tertiary/aromatic N) is 1. The summed E-state index contributed by atoms with van der Waals surface area (Å²) in [6.07, 6.45) is 0. The van der Waals surface area contributed by atoms with Crippen LogP contribution in [0.4, 0.5) is 14.5 Å². The van der Waals surface area contributed by atoms with Gasteiger partial charge in [-0.05, 0) is 35.6 Å². The zero-order valence-electron chi connectivity index (χ0n) is 11.5. The molecule has 0 amide bonds. The third-order valence-electron chi connectivity index (χ3n) is 2.90. The summed E-state index contributed by atoms with van der Waals surface area (Å²) >= 11 is 1.59. The van der Waals surface area contributed by atoms with Crippen LogP contribution in [0.3, 0.4) is 0 Å². The molecule has 0 radical (unpaired) electrons. The molecule has 0 aliphatic heterocycles. The van der Waals surface area contributed by atoms with Crippen LogP contribution in [0.2, 0.25) is 0 Å². The molecule has 0 aliphatic carbocycles. The largest absolute Gasteiger partial charge is 0.380 e. The molecule has 0 saturated carbocycles. The van der Waals surface area contributed by atoms with Gasteiger partial charge in [-0.25, -0.2) is 8.78 Å². The van der Waals surface area contributed by atoms with Crippen molar-refractivity contribution in [3.8, 4) is 6.07 Å². The van der Waals surface area contributed by atoms with E-state index in [9.17, 15) is 14.0 Å². The molecule has 0 unspecified atom stereocenters. The number of nitrogens with one attached hydrogen (secondary N) is 1. The maximum atomic E-state index is 13.2. The Morgan fingerprint density at radius 3 is 2.67 bits per heavy atom. The SMILES string of the molecule is CCSc1cccc(NCc2ccc(F)c(F)c2)c1C#N. The van der Waals surface area contributed by atoms with Crippen LogP contribution >= 0.6 is 11.8 Å². The van der Waals surface area contributed by atoms with Gasteiger partial charge in [0, 0.05) is 11.4 Å². The third-order valence-corrected chi connectivity index (χ3v) is 3.84. The highest BCUT2D eigenvalue weighted by Crippen LogP contribution is 2.28. The van der Waals surface area contributed by atoms with Crippen molar-refractivity contribution in [1.29, 1.82) is 5.26 Å². The van der Waals surface area contributed by atoms with Crippen molar-refractivity contribution >= 4 is 17.4 Å². The Morgan fingerprint density at radius 2 is 2.00 bits per heavy atom. The Hall–Kier alpha value is -2.06. The minimum absolute atomic E-state index is 0.326. The zero-order valence-corrected chi connectivity index (χ0v) is 12.3. The maximum absolute atomic E-state index is 13.2. The second kappa shape index (κ2) is 7.09. The maximum Gasteiger partial charge on any atom is 0.159 e. The summed E-state index contributed by atoms with van der Waals surface area (Å²) in [7, 11) is 0. The second-order valence-corrected chi connectivity index (χ2v) is 5.63. The molecule has 1 N–H and O–H groups in total. The minimum atomic E-state index is -0.870. The van der Waals surface area contributed by atoms with Crippen molar-refractivity contribution in [2.45, 2.75) is 18.4 Å². The Balaban J connectivity index is 2.18. The lowest BCUT2D eigenvalue weighted by molar-refractivity contribution is 0.507. The lowest BCUT2D eigenvalue weighted by Gasteiger charge is -2.11. The number of halogens is 2. The summed E-state index contributed by atoms with van der Waals surface area (Å²) in [5.74, 6) is -0.857. The monoisotopic (exact) mass is 304 g/mol. The van der Waals surface area contributed by atoms with Gasteiger partial charge in [0.05, 0.1) is 11.3 Å². The molecule has 108 valence electrons. The summed E-state index contributed by atoms with van der Waals surface area (Å²) in [4.78, 5) is 0.912. The first kappa shape index (κ1) is 15.3. The number of hydrogen-bond donors (Lipinski definition) is 1. The molecule has 0 heterocycles. The van der Waals surface area contributed by atoms with Gasteiger partial charge in [0.15, 0.2) is 11.6 Å². The second-order valence-electron chi connectivity index (χ2n) is 4.33.